The minimum atomic E-state index is -0.0306. The maximum absolute atomic E-state index is 12.1. The largest absolute Gasteiger partial charge is 0.324 e. The Kier molecular flexibility index (Phi) is 4.56. The molecule has 1 saturated heterocycles. The molecule has 1 fully saturated rings. The first-order chi connectivity index (χ1) is 9.06. The Morgan fingerprint density at radius 1 is 1.47 bits per heavy atom. The van der Waals surface area contributed by atoms with Gasteiger partial charge in [0, 0.05) is 12.2 Å². The summed E-state index contributed by atoms with van der Waals surface area (Å²) in [5, 5.41) is 6.27. The van der Waals surface area contributed by atoms with E-state index in [1.807, 2.05) is 21.0 Å². The zero-order valence-corrected chi connectivity index (χ0v) is 12.0. The first-order valence-electron chi connectivity index (χ1n) is 6.85. The van der Waals surface area contributed by atoms with Crippen LogP contribution in [0.15, 0.2) is 18.2 Å². The molecule has 1 aliphatic heterocycles. The fourth-order valence-electron chi connectivity index (χ4n) is 2.40. The smallest absolute Gasteiger partial charge is 0.241 e. The van der Waals surface area contributed by atoms with E-state index in [-0.39, 0.29) is 11.9 Å². The number of benzene rings is 1. The Balaban J connectivity index is 2.07. The van der Waals surface area contributed by atoms with Gasteiger partial charge >= 0.3 is 0 Å². The molecule has 2 rings (SSSR count). The molecule has 0 aromatic heterocycles. The summed E-state index contributed by atoms with van der Waals surface area (Å²) >= 11 is 0. The van der Waals surface area contributed by atoms with Crippen LogP contribution in [0.4, 0.5) is 5.69 Å². The molecule has 2 N–H and O–H groups in total. The predicted molar refractivity (Wildman–Crippen MR) is 78.2 cm³/mol. The zero-order chi connectivity index (χ0) is 13.8. The number of rotatable bonds is 4. The van der Waals surface area contributed by atoms with E-state index in [2.05, 4.69) is 33.7 Å². The lowest BCUT2D eigenvalue weighted by molar-refractivity contribution is -0.117. The molecule has 19 heavy (non-hydrogen) atoms. The number of hydrogen-bond donors (Lipinski definition) is 2. The van der Waals surface area contributed by atoms with Crippen molar-refractivity contribution in [1.82, 2.24) is 10.2 Å². The topological polar surface area (TPSA) is 44.4 Å². The number of aryl methyl sites for hydroxylation is 1. The summed E-state index contributed by atoms with van der Waals surface area (Å²) in [5.74, 6) is 0.0857. The van der Waals surface area contributed by atoms with Crippen LogP contribution in [0, 0.1) is 6.92 Å². The highest BCUT2D eigenvalue weighted by Crippen LogP contribution is 2.19. The third-order valence-corrected chi connectivity index (χ3v) is 3.44. The number of carbonyl (C=O) groups is 1. The van der Waals surface area contributed by atoms with Gasteiger partial charge in [-0.05, 0) is 57.6 Å². The fraction of sp³-hybridized carbons (Fsp3) is 0.533. The molecule has 0 saturated carbocycles. The lowest BCUT2D eigenvalue weighted by Gasteiger charge is -2.15. The summed E-state index contributed by atoms with van der Waals surface area (Å²) < 4.78 is 0. The Bertz CT molecular complexity index is 451. The Hall–Kier alpha value is -1.39. The number of carbonyl (C=O) groups excluding carboxylic acids is 1. The highest BCUT2D eigenvalue weighted by Gasteiger charge is 2.22. The van der Waals surface area contributed by atoms with Crippen molar-refractivity contribution in [3.63, 3.8) is 0 Å². The Morgan fingerprint density at radius 2 is 2.26 bits per heavy atom. The Labute approximate surface area is 115 Å². The second-order valence-electron chi connectivity index (χ2n) is 5.53. The lowest BCUT2D eigenvalue weighted by Crippen LogP contribution is -2.35. The van der Waals surface area contributed by atoms with Gasteiger partial charge in [-0.15, -0.1) is 0 Å². The predicted octanol–water partition coefficient (Wildman–Crippen LogP) is 1.75. The van der Waals surface area contributed by atoms with E-state index in [0.29, 0.717) is 0 Å². The molecular formula is C15H23N3O. The van der Waals surface area contributed by atoms with E-state index < -0.39 is 0 Å². The van der Waals surface area contributed by atoms with Crippen molar-refractivity contribution in [1.29, 1.82) is 0 Å². The van der Waals surface area contributed by atoms with Crippen LogP contribution in [0.2, 0.25) is 0 Å². The molecule has 1 aromatic carbocycles. The van der Waals surface area contributed by atoms with Gasteiger partial charge in [0.25, 0.3) is 0 Å². The van der Waals surface area contributed by atoms with Gasteiger partial charge in [-0.2, -0.15) is 0 Å². The van der Waals surface area contributed by atoms with Gasteiger partial charge < -0.3 is 15.5 Å². The van der Waals surface area contributed by atoms with Crippen LogP contribution < -0.4 is 10.6 Å². The minimum Gasteiger partial charge on any atom is -0.324 e. The average Bonchev–Trinajstić information content (AvgIpc) is 2.86. The van der Waals surface area contributed by atoms with E-state index >= 15 is 0 Å². The second kappa shape index (κ2) is 6.17. The van der Waals surface area contributed by atoms with E-state index in [9.17, 15) is 4.79 Å². The van der Waals surface area contributed by atoms with Crippen molar-refractivity contribution in [3.8, 4) is 0 Å². The number of anilines is 1. The number of hydrogen-bond acceptors (Lipinski definition) is 3. The monoisotopic (exact) mass is 261 g/mol. The van der Waals surface area contributed by atoms with Crippen LogP contribution >= 0.6 is 0 Å². The number of amides is 1. The van der Waals surface area contributed by atoms with Gasteiger partial charge in [0.05, 0.1) is 6.04 Å². The maximum atomic E-state index is 12.1. The van der Waals surface area contributed by atoms with Crippen LogP contribution in [0.1, 0.15) is 24.0 Å². The van der Waals surface area contributed by atoms with E-state index in [1.165, 1.54) is 5.56 Å². The third-order valence-electron chi connectivity index (χ3n) is 3.44. The molecule has 0 radical (unpaired) electrons. The third kappa shape index (κ3) is 3.78. The zero-order valence-electron chi connectivity index (χ0n) is 12.0. The van der Waals surface area contributed by atoms with Crippen molar-refractivity contribution >= 4 is 11.6 Å². The van der Waals surface area contributed by atoms with E-state index in [1.54, 1.807) is 0 Å². The van der Waals surface area contributed by atoms with Gasteiger partial charge in [0.1, 0.15) is 0 Å². The van der Waals surface area contributed by atoms with Crippen molar-refractivity contribution < 1.29 is 4.79 Å². The number of nitrogens with zero attached hydrogens (tertiary/aromatic N) is 1. The van der Waals surface area contributed by atoms with Crippen LogP contribution in [-0.2, 0) is 11.3 Å². The normalized spacial score (nSPS) is 18.8. The number of nitrogens with one attached hydrogen (secondary N) is 2. The average molecular weight is 261 g/mol. The van der Waals surface area contributed by atoms with E-state index in [4.69, 9.17) is 0 Å². The maximum Gasteiger partial charge on any atom is 0.241 e. The molecule has 0 unspecified atom stereocenters. The second-order valence-corrected chi connectivity index (χ2v) is 5.53. The minimum absolute atomic E-state index is 0.0306. The van der Waals surface area contributed by atoms with Crippen molar-refractivity contribution in [2.45, 2.75) is 32.4 Å². The first-order valence-corrected chi connectivity index (χ1v) is 6.85. The van der Waals surface area contributed by atoms with Crippen molar-refractivity contribution in [3.05, 3.63) is 29.3 Å². The quantitative estimate of drug-likeness (QED) is 0.868. The van der Waals surface area contributed by atoms with Gasteiger partial charge in [0.15, 0.2) is 0 Å². The van der Waals surface area contributed by atoms with Crippen LogP contribution in [-0.4, -0.2) is 37.5 Å². The fourth-order valence-corrected chi connectivity index (χ4v) is 2.40. The molecule has 0 aliphatic carbocycles. The summed E-state index contributed by atoms with van der Waals surface area (Å²) in [6, 6.07) is 6.22. The summed E-state index contributed by atoms with van der Waals surface area (Å²) in [6.07, 6.45) is 2.01. The highest BCUT2D eigenvalue weighted by molar-refractivity contribution is 5.95. The SMILES string of the molecule is Cc1ccc(CN(C)C)cc1NC(=O)[C@@H]1CCCN1. The van der Waals surface area contributed by atoms with Crippen molar-refractivity contribution in [2.75, 3.05) is 26.0 Å². The van der Waals surface area contributed by atoms with Crippen LogP contribution in [0.3, 0.4) is 0 Å². The molecule has 1 atom stereocenters. The molecular weight excluding hydrogens is 238 g/mol. The molecule has 0 spiro atoms. The summed E-state index contributed by atoms with van der Waals surface area (Å²) in [4.78, 5) is 14.2. The molecule has 1 heterocycles. The highest BCUT2D eigenvalue weighted by atomic mass is 16.2. The van der Waals surface area contributed by atoms with Gasteiger partial charge in [-0.25, -0.2) is 0 Å². The Morgan fingerprint density at radius 3 is 2.89 bits per heavy atom. The first kappa shape index (κ1) is 14.0. The standard InChI is InChI=1S/C15H23N3O/c1-11-6-7-12(10-18(2)3)9-14(11)17-15(19)13-5-4-8-16-13/h6-7,9,13,16H,4-5,8,10H2,1-3H3,(H,17,19)/t13-/m0/s1. The van der Waals surface area contributed by atoms with Crippen molar-refractivity contribution in [2.24, 2.45) is 0 Å². The lowest BCUT2D eigenvalue weighted by atomic mass is 10.1. The van der Waals surface area contributed by atoms with Gasteiger partial charge in [0.2, 0.25) is 5.91 Å². The molecule has 1 aliphatic rings. The summed E-state index contributed by atoms with van der Waals surface area (Å²) in [5.41, 5.74) is 3.25. The summed E-state index contributed by atoms with van der Waals surface area (Å²) in [7, 11) is 4.08. The molecule has 1 amide bonds. The van der Waals surface area contributed by atoms with E-state index in [0.717, 1.165) is 37.2 Å². The molecule has 4 nitrogen and oxygen atoms in total. The van der Waals surface area contributed by atoms with Gasteiger partial charge in [-0.3, -0.25) is 4.79 Å². The summed E-state index contributed by atoms with van der Waals surface area (Å²) in [6.45, 7) is 3.85. The molecule has 4 heteroatoms. The van der Waals surface area contributed by atoms with Crippen LogP contribution in [0.5, 0.6) is 0 Å². The molecule has 1 aromatic rings. The molecule has 0 bridgehead atoms. The van der Waals surface area contributed by atoms with Crippen LogP contribution in [0.25, 0.3) is 0 Å². The van der Waals surface area contributed by atoms with Gasteiger partial charge in [-0.1, -0.05) is 12.1 Å². The molecule has 104 valence electrons.